The van der Waals surface area contributed by atoms with Crippen molar-refractivity contribution >= 4 is 18.2 Å². The van der Waals surface area contributed by atoms with E-state index in [1.165, 1.54) is 0 Å². The minimum Gasteiger partial charge on any atom is -0.493 e. The van der Waals surface area contributed by atoms with E-state index < -0.39 is 0 Å². The van der Waals surface area contributed by atoms with E-state index in [2.05, 4.69) is 10.3 Å². The van der Waals surface area contributed by atoms with Gasteiger partial charge >= 0.3 is 0 Å². The first-order valence-corrected chi connectivity index (χ1v) is 6.43. The van der Waals surface area contributed by atoms with Crippen LogP contribution in [0, 0.1) is 0 Å². The Balaban J connectivity index is 0.00000161. The second-order valence-corrected chi connectivity index (χ2v) is 4.39. The summed E-state index contributed by atoms with van der Waals surface area (Å²) < 4.78 is 16.4. The monoisotopic (exact) mass is 308 g/mol. The molecule has 1 aromatic heterocycles. The third-order valence-electron chi connectivity index (χ3n) is 3.18. The molecule has 0 radical (unpaired) electrons. The Kier molecular flexibility index (Phi) is 4.75. The standard InChI is InChI=1S/C15H16N2O3.ClH/c1-18-12-4-3-10(9-14(12)19-2)11-5-6-13(20-11)15-16-7-8-17-15;/h3-6,9H,7-8H2,1-2H3,(H,16,17);1H. The van der Waals surface area contributed by atoms with E-state index in [1.807, 2.05) is 30.3 Å². The number of aliphatic imine (C=N–C) groups is 1. The largest absolute Gasteiger partial charge is 0.493 e. The van der Waals surface area contributed by atoms with Gasteiger partial charge in [0, 0.05) is 12.1 Å². The molecule has 0 aliphatic carbocycles. The Morgan fingerprint density at radius 1 is 1.05 bits per heavy atom. The van der Waals surface area contributed by atoms with Gasteiger partial charge in [0.2, 0.25) is 0 Å². The number of nitrogens with zero attached hydrogens (tertiary/aromatic N) is 1. The third-order valence-corrected chi connectivity index (χ3v) is 3.18. The molecular formula is C15H17ClN2O3. The van der Waals surface area contributed by atoms with Crippen LogP contribution in [-0.2, 0) is 0 Å². The van der Waals surface area contributed by atoms with Gasteiger partial charge in [-0.05, 0) is 30.3 Å². The van der Waals surface area contributed by atoms with Crippen LogP contribution in [0.3, 0.4) is 0 Å². The lowest BCUT2D eigenvalue weighted by atomic mass is 10.1. The molecule has 2 aromatic rings. The lowest BCUT2D eigenvalue weighted by Crippen LogP contribution is -2.18. The quantitative estimate of drug-likeness (QED) is 0.943. The van der Waals surface area contributed by atoms with Crippen LogP contribution in [0.4, 0.5) is 0 Å². The van der Waals surface area contributed by atoms with E-state index in [1.54, 1.807) is 14.2 Å². The molecule has 0 saturated carbocycles. The van der Waals surface area contributed by atoms with Gasteiger partial charge in [0.05, 0.1) is 20.8 Å². The van der Waals surface area contributed by atoms with Crippen molar-refractivity contribution in [3.8, 4) is 22.8 Å². The average Bonchev–Trinajstić information content (AvgIpc) is 3.16. The SMILES string of the molecule is COc1ccc(-c2ccc(C3=NCCN3)o2)cc1OC.Cl. The van der Waals surface area contributed by atoms with Crippen LogP contribution in [0.5, 0.6) is 11.5 Å². The summed E-state index contributed by atoms with van der Waals surface area (Å²) in [6, 6.07) is 9.54. The second kappa shape index (κ2) is 6.54. The van der Waals surface area contributed by atoms with E-state index in [0.717, 1.165) is 36.0 Å². The van der Waals surface area contributed by atoms with Gasteiger partial charge in [0.15, 0.2) is 23.1 Å². The lowest BCUT2D eigenvalue weighted by Gasteiger charge is -2.08. The van der Waals surface area contributed by atoms with Crippen molar-refractivity contribution in [1.82, 2.24) is 5.32 Å². The molecule has 1 N–H and O–H groups in total. The number of benzene rings is 1. The minimum atomic E-state index is 0. The Bertz CT molecular complexity index is 652. The molecule has 0 saturated heterocycles. The molecule has 5 nitrogen and oxygen atoms in total. The van der Waals surface area contributed by atoms with E-state index in [9.17, 15) is 0 Å². The molecule has 1 aliphatic rings. The van der Waals surface area contributed by atoms with Crippen LogP contribution < -0.4 is 14.8 Å². The molecule has 112 valence electrons. The Morgan fingerprint density at radius 2 is 1.81 bits per heavy atom. The molecular weight excluding hydrogens is 292 g/mol. The van der Waals surface area contributed by atoms with Gasteiger partial charge in [-0.3, -0.25) is 4.99 Å². The van der Waals surface area contributed by atoms with Gasteiger partial charge in [-0.1, -0.05) is 0 Å². The summed E-state index contributed by atoms with van der Waals surface area (Å²) in [6.07, 6.45) is 0. The first-order chi connectivity index (χ1) is 9.81. The predicted molar refractivity (Wildman–Crippen MR) is 83.9 cm³/mol. The molecule has 0 atom stereocenters. The van der Waals surface area contributed by atoms with Crippen molar-refractivity contribution in [2.75, 3.05) is 27.3 Å². The minimum absolute atomic E-state index is 0. The molecule has 2 heterocycles. The van der Waals surface area contributed by atoms with Gasteiger partial charge < -0.3 is 19.2 Å². The van der Waals surface area contributed by atoms with E-state index in [4.69, 9.17) is 13.9 Å². The number of hydrogen-bond acceptors (Lipinski definition) is 5. The summed E-state index contributed by atoms with van der Waals surface area (Å²) in [7, 11) is 3.23. The number of halogens is 1. The van der Waals surface area contributed by atoms with Crippen molar-refractivity contribution in [2.45, 2.75) is 0 Å². The summed E-state index contributed by atoms with van der Waals surface area (Å²) in [5.74, 6) is 3.73. The number of furan rings is 1. The van der Waals surface area contributed by atoms with Crippen molar-refractivity contribution in [3.63, 3.8) is 0 Å². The van der Waals surface area contributed by atoms with Gasteiger partial charge in [-0.2, -0.15) is 0 Å². The predicted octanol–water partition coefficient (Wildman–Crippen LogP) is 2.74. The molecule has 0 amide bonds. The normalized spacial score (nSPS) is 13.1. The van der Waals surface area contributed by atoms with Crippen LogP contribution in [-0.4, -0.2) is 33.1 Å². The molecule has 3 rings (SSSR count). The van der Waals surface area contributed by atoms with Crippen molar-refractivity contribution in [3.05, 3.63) is 36.1 Å². The van der Waals surface area contributed by atoms with Crippen LogP contribution in [0.2, 0.25) is 0 Å². The number of hydrogen-bond donors (Lipinski definition) is 1. The number of amidine groups is 1. The maximum absolute atomic E-state index is 5.84. The fraction of sp³-hybridized carbons (Fsp3) is 0.267. The van der Waals surface area contributed by atoms with Crippen LogP contribution in [0.25, 0.3) is 11.3 Å². The maximum atomic E-state index is 5.84. The summed E-state index contributed by atoms with van der Waals surface area (Å²) in [4.78, 5) is 4.34. The second-order valence-electron chi connectivity index (χ2n) is 4.39. The zero-order chi connectivity index (χ0) is 13.9. The molecule has 21 heavy (non-hydrogen) atoms. The molecule has 0 bridgehead atoms. The van der Waals surface area contributed by atoms with Crippen molar-refractivity contribution in [1.29, 1.82) is 0 Å². The zero-order valence-electron chi connectivity index (χ0n) is 11.9. The summed E-state index contributed by atoms with van der Waals surface area (Å²) in [5.41, 5.74) is 0.937. The topological polar surface area (TPSA) is 56.0 Å². The number of rotatable bonds is 4. The smallest absolute Gasteiger partial charge is 0.169 e. The Labute approximate surface area is 129 Å². The molecule has 6 heteroatoms. The van der Waals surface area contributed by atoms with Gasteiger partial charge in [-0.15, -0.1) is 12.4 Å². The fourth-order valence-electron chi connectivity index (χ4n) is 2.17. The van der Waals surface area contributed by atoms with Crippen molar-refractivity contribution < 1.29 is 13.9 Å². The average molecular weight is 309 g/mol. The molecule has 1 aliphatic heterocycles. The molecule has 0 unspecified atom stereocenters. The third kappa shape index (κ3) is 2.97. The highest BCUT2D eigenvalue weighted by Crippen LogP contribution is 2.33. The maximum Gasteiger partial charge on any atom is 0.169 e. The first kappa shape index (κ1) is 15.3. The highest BCUT2D eigenvalue weighted by Gasteiger charge is 2.14. The molecule has 1 aromatic carbocycles. The number of methoxy groups -OCH3 is 2. The summed E-state index contributed by atoms with van der Waals surface area (Å²) in [6.45, 7) is 1.66. The summed E-state index contributed by atoms with van der Waals surface area (Å²) in [5, 5.41) is 3.19. The first-order valence-electron chi connectivity index (χ1n) is 6.43. The van der Waals surface area contributed by atoms with E-state index in [0.29, 0.717) is 11.5 Å². The van der Waals surface area contributed by atoms with Crippen LogP contribution in [0.15, 0.2) is 39.7 Å². The fourth-order valence-corrected chi connectivity index (χ4v) is 2.17. The highest BCUT2D eigenvalue weighted by atomic mass is 35.5. The lowest BCUT2D eigenvalue weighted by molar-refractivity contribution is 0.355. The zero-order valence-corrected chi connectivity index (χ0v) is 12.7. The van der Waals surface area contributed by atoms with E-state index in [-0.39, 0.29) is 12.4 Å². The Hall–Kier alpha value is -2.14. The van der Waals surface area contributed by atoms with Gasteiger partial charge in [0.1, 0.15) is 5.76 Å². The summed E-state index contributed by atoms with van der Waals surface area (Å²) >= 11 is 0. The van der Waals surface area contributed by atoms with Crippen LogP contribution in [0.1, 0.15) is 5.76 Å². The van der Waals surface area contributed by atoms with Gasteiger partial charge in [-0.25, -0.2) is 0 Å². The number of nitrogens with one attached hydrogen (secondary N) is 1. The van der Waals surface area contributed by atoms with E-state index >= 15 is 0 Å². The van der Waals surface area contributed by atoms with Gasteiger partial charge in [0.25, 0.3) is 0 Å². The Morgan fingerprint density at radius 3 is 2.48 bits per heavy atom. The molecule has 0 fully saturated rings. The van der Waals surface area contributed by atoms with Crippen molar-refractivity contribution in [2.24, 2.45) is 4.99 Å². The molecule has 0 spiro atoms. The van der Waals surface area contributed by atoms with Crippen LogP contribution >= 0.6 is 12.4 Å². The highest BCUT2D eigenvalue weighted by molar-refractivity contribution is 5.97. The number of ether oxygens (including phenoxy) is 2.